The van der Waals surface area contributed by atoms with E-state index in [1.165, 1.54) is 29.7 Å². The average Bonchev–Trinajstić information content (AvgIpc) is 2.29. The number of aliphatic hydroxyl groups is 1. The zero-order chi connectivity index (χ0) is 11.4. The Labute approximate surface area is 102 Å². The molecule has 0 radical (unpaired) electrons. The zero-order valence-electron chi connectivity index (χ0n) is 9.91. The molecule has 0 bridgehead atoms. The van der Waals surface area contributed by atoms with Gasteiger partial charge in [-0.25, -0.2) is 0 Å². The average molecular weight is 236 g/mol. The second kappa shape index (κ2) is 5.24. The Morgan fingerprint density at radius 3 is 2.56 bits per heavy atom. The molecule has 0 unspecified atom stereocenters. The van der Waals surface area contributed by atoms with E-state index in [1.54, 1.807) is 11.8 Å². The molecule has 0 saturated heterocycles. The Bertz CT molecular complexity index is 342. The number of hydrogen-bond acceptors (Lipinski definition) is 2. The van der Waals surface area contributed by atoms with Gasteiger partial charge >= 0.3 is 0 Å². The van der Waals surface area contributed by atoms with Crippen LogP contribution in [0.5, 0.6) is 0 Å². The molecule has 1 aromatic rings. The van der Waals surface area contributed by atoms with Crippen LogP contribution in [-0.2, 0) is 0 Å². The first-order valence-electron chi connectivity index (χ1n) is 6.10. The summed E-state index contributed by atoms with van der Waals surface area (Å²) in [5.74, 6) is 0.845. The minimum atomic E-state index is -0.412. The van der Waals surface area contributed by atoms with Crippen molar-refractivity contribution in [2.45, 2.75) is 49.5 Å². The first-order chi connectivity index (χ1) is 7.70. The first kappa shape index (κ1) is 12.0. The zero-order valence-corrected chi connectivity index (χ0v) is 10.7. The van der Waals surface area contributed by atoms with Crippen molar-refractivity contribution >= 4 is 11.8 Å². The van der Waals surface area contributed by atoms with Gasteiger partial charge in [0.25, 0.3) is 0 Å². The van der Waals surface area contributed by atoms with E-state index in [-0.39, 0.29) is 0 Å². The van der Waals surface area contributed by atoms with E-state index in [2.05, 4.69) is 31.2 Å². The van der Waals surface area contributed by atoms with Crippen molar-refractivity contribution in [2.75, 3.05) is 5.75 Å². The van der Waals surface area contributed by atoms with Crippen molar-refractivity contribution in [1.29, 1.82) is 0 Å². The molecule has 1 saturated carbocycles. The third-order valence-electron chi connectivity index (χ3n) is 3.37. The maximum atomic E-state index is 10.4. The Hall–Kier alpha value is -0.470. The Balaban J connectivity index is 1.94. The first-order valence-corrected chi connectivity index (χ1v) is 7.09. The lowest BCUT2D eigenvalue weighted by Crippen LogP contribution is -2.33. The molecule has 2 heteroatoms. The monoisotopic (exact) mass is 236 g/mol. The van der Waals surface area contributed by atoms with Gasteiger partial charge in [0.1, 0.15) is 0 Å². The van der Waals surface area contributed by atoms with Crippen molar-refractivity contribution in [3.63, 3.8) is 0 Å². The summed E-state index contributed by atoms with van der Waals surface area (Å²) in [5, 5.41) is 10.4. The van der Waals surface area contributed by atoms with Crippen LogP contribution < -0.4 is 0 Å². The van der Waals surface area contributed by atoms with Gasteiger partial charge in [0.05, 0.1) is 5.60 Å². The van der Waals surface area contributed by atoms with Crippen molar-refractivity contribution in [3.8, 4) is 0 Å². The van der Waals surface area contributed by atoms with Crippen LogP contribution >= 0.6 is 11.8 Å². The van der Waals surface area contributed by atoms with Crippen molar-refractivity contribution in [3.05, 3.63) is 29.8 Å². The van der Waals surface area contributed by atoms with Crippen LogP contribution in [0.15, 0.2) is 29.2 Å². The summed E-state index contributed by atoms with van der Waals surface area (Å²) >= 11 is 1.80. The van der Waals surface area contributed by atoms with Gasteiger partial charge in [0.15, 0.2) is 0 Å². The predicted molar refractivity (Wildman–Crippen MR) is 69.9 cm³/mol. The molecule has 0 spiro atoms. The van der Waals surface area contributed by atoms with Crippen LogP contribution in [0.25, 0.3) is 0 Å². The van der Waals surface area contributed by atoms with E-state index in [9.17, 15) is 5.11 Å². The summed E-state index contributed by atoms with van der Waals surface area (Å²) in [5.41, 5.74) is 0.900. The molecule has 1 N–H and O–H groups in total. The number of rotatable bonds is 3. The highest BCUT2D eigenvalue weighted by molar-refractivity contribution is 7.99. The maximum absolute atomic E-state index is 10.4. The molecule has 1 aromatic carbocycles. The molecule has 2 rings (SSSR count). The van der Waals surface area contributed by atoms with Gasteiger partial charge in [-0.15, -0.1) is 11.8 Å². The molecule has 16 heavy (non-hydrogen) atoms. The van der Waals surface area contributed by atoms with Crippen molar-refractivity contribution in [1.82, 2.24) is 0 Å². The molecular weight excluding hydrogens is 216 g/mol. The van der Waals surface area contributed by atoms with E-state index in [1.807, 2.05) is 0 Å². The third kappa shape index (κ3) is 3.02. The van der Waals surface area contributed by atoms with Gasteiger partial charge in [-0.3, -0.25) is 0 Å². The van der Waals surface area contributed by atoms with Gasteiger partial charge < -0.3 is 5.11 Å². The second-order valence-electron chi connectivity index (χ2n) is 4.84. The highest BCUT2D eigenvalue weighted by Crippen LogP contribution is 2.34. The van der Waals surface area contributed by atoms with Crippen molar-refractivity contribution < 1.29 is 5.11 Å². The number of benzene rings is 1. The van der Waals surface area contributed by atoms with Gasteiger partial charge in [-0.05, 0) is 31.4 Å². The molecule has 1 fully saturated rings. The van der Waals surface area contributed by atoms with Crippen LogP contribution in [0.4, 0.5) is 0 Å². The molecule has 0 amide bonds. The molecule has 0 aromatic heterocycles. The summed E-state index contributed by atoms with van der Waals surface area (Å²) < 4.78 is 0. The lowest BCUT2D eigenvalue weighted by atomic mass is 9.86. The van der Waals surface area contributed by atoms with Gasteiger partial charge in [0.2, 0.25) is 0 Å². The predicted octanol–water partition coefficient (Wildman–Crippen LogP) is 3.78. The topological polar surface area (TPSA) is 20.2 Å². The molecule has 1 aliphatic rings. The normalized spacial score (nSPS) is 19.6. The minimum absolute atomic E-state index is 0.412. The summed E-state index contributed by atoms with van der Waals surface area (Å²) in [6, 6.07) is 8.41. The highest BCUT2D eigenvalue weighted by Gasteiger charge is 2.29. The summed E-state index contributed by atoms with van der Waals surface area (Å²) in [4.78, 5) is 1.31. The summed E-state index contributed by atoms with van der Waals surface area (Å²) in [7, 11) is 0. The Morgan fingerprint density at radius 1 is 1.19 bits per heavy atom. The fourth-order valence-corrected chi connectivity index (χ4v) is 3.47. The lowest BCUT2D eigenvalue weighted by Gasteiger charge is -2.31. The molecular formula is C14H20OS. The SMILES string of the molecule is Cc1ccccc1SCC1(O)CCCCC1. The Morgan fingerprint density at radius 2 is 1.88 bits per heavy atom. The van der Waals surface area contributed by atoms with Gasteiger partial charge in [0, 0.05) is 10.6 Å². The maximum Gasteiger partial charge on any atom is 0.0741 e. The van der Waals surface area contributed by atoms with Gasteiger partial charge in [-0.1, -0.05) is 37.5 Å². The van der Waals surface area contributed by atoms with Gasteiger partial charge in [-0.2, -0.15) is 0 Å². The van der Waals surface area contributed by atoms with Crippen molar-refractivity contribution in [2.24, 2.45) is 0 Å². The van der Waals surface area contributed by atoms with E-state index >= 15 is 0 Å². The van der Waals surface area contributed by atoms with E-state index in [4.69, 9.17) is 0 Å². The molecule has 1 nitrogen and oxygen atoms in total. The molecule has 1 aliphatic carbocycles. The Kier molecular flexibility index (Phi) is 3.93. The van der Waals surface area contributed by atoms with E-state index < -0.39 is 5.60 Å². The molecule has 0 heterocycles. The smallest absolute Gasteiger partial charge is 0.0741 e. The van der Waals surface area contributed by atoms with E-state index in [0.717, 1.165) is 18.6 Å². The van der Waals surface area contributed by atoms with Crippen LogP contribution in [0, 0.1) is 6.92 Å². The standard InChI is InChI=1S/C14H20OS/c1-12-7-3-4-8-13(12)16-11-14(15)9-5-2-6-10-14/h3-4,7-8,15H,2,5-6,9-11H2,1H3. The van der Waals surface area contributed by atoms with Crippen LogP contribution in [-0.4, -0.2) is 16.5 Å². The summed E-state index contributed by atoms with van der Waals surface area (Å²) in [6.07, 6.45) is 5.62. The fraction of sp³-hybridized carbons (Fsp3) is 0.571. The van der Waals surface area contributed by atoms with Crippen LogP contribution in [0.3, 0.4) is 0 Å². The fourth-order valence-electron chi connectivity index (χ4n) is 2.28. The number of thioether (sulfide) groups is 1. The molecule has 0 aliphatic heterocycles. The van der Waals surface area contributed by atoms with E-state index in [0.29, 0.717) is 0 Å². The summed E-state index contributed by atoms with van der Waals surface area (Å²) in [6.45, 7) is 2.13. The molecule has 0 atom stereocenters. The number of hydrogen-bond donors (Lipinski definition) is 1. The quantitative estimate of drug-likeness (QED) is 0.806. The van der Waals surface area contributed by atoms with Crippen LogP contribution in [0.2, 0.25) is 0 Å². The molecule has 88 valence electrons. The highest BCUT2D eigenvalue weighted by atomic mass is 32.2. The lowest BCUT2D eigenvalue weighted by molar-refractivity contribution is 0.0273. The largest absolute Gasteiger partial charge is 0.389 e. The minimum Gasteiger partial charge on any atom is -0.389 e. The second-order valence-corrected chi connectivity index (χ2v) is 5.86. The number of aryl methyl sites for hydroxylation is 1. The third-order valence-corrected chi connectivity index (χ3v) is 4.82. The van der Waals surface area contributed by atoms with Crippen LogP contribution in [0.1, 0.15) is 37.7 Å².